The summed E-state index contributed by atoms with van der Waals surface area (Å²) in [7, 11) is 0. The Hall–Kier alpha value is -1.81. The van der Waals surface area contributed by atoms with Crippen molar-refractivity contribution in [2.75, 3.05) is 6.61 Å². The molecule has 0 saturated heterocycles. The molecule has 0 amide bonds. The Bertz CT molecular complexity index is 426. The standard InChI is InChI=1S/C11H11NO3/c13-5-8-4-7-2-1-3-10(15)11(7)9(6-14)12-8/h1-4,6,9,12-13,15H,5H2. The van der Waals surface area contributed by atoms with E-state index in [2.05, 4.69) is 5.32 Å². The van der Waals surface area contributed by atoms with Crippen LogP contribution in [0.3, 0.4) is 0 Å². The average Bonchev–Trinajstić information content (AvgIpc) is 2.27. The number of hydrogen-bond donors (Lipinski definition) is 3. The van der Waals surface area contributed by atoms with Crippen molar-refractivity contribution in [1.29, 1.82) is 0 Å². The first-order valence-corrected chi connectivity index (χ1v) is 4.61. The second-order valence-electron chi connectivity index (χ2n) is 3.37. The van der Waals surface area contributed by atoms with E-state index in [-0.39, 0.29) is 12.4 Å². The van der Waals surface area contributed by atoms with Gasteiger partial charge >= 0.3 is 0 Å². The number of aromatic hydroxyl groups is 1. The predicted octanol–water partition coefficient (Wildman–Crippen LogP) is 0.569. The minimum atomic E-state index is -0.589. The number of fused-ring (bicyclic) bond motifs is 1. The Kier molecular flexibility index (Phi) is 2.43. The summed E-state index contributed by atoms with van der Waals surface area (Å²) in [4.78, 5) is 10.9. The summed E-state index contributed by atoms with van der Waals surface area (Å²) in [5, 5.41) is 21.4. The Balaban J connectivity index is 2.57. The molecule has 0 fully saturated rings. The molecule has 1 aromatic carbocycles. The van der Waals surface area contributed by atoms with Gasteiger partial charge in [-0.15, -0.1) is 0 Å². The topological polar surface area (TPSA) is 69.6 Å². The summed E-state index contributed by atoms with van der Waals surface area (Å²) in [6.45, 7) is -0.153. The number of carbonyl (C=O) groups is 1. The van der Waals surface area contributed by atoms with Crippen molar-refractivity contribution in [1.82, 2.24) is 5.32 Å². The maximum absolute atomic E-state index is 10.9. The van der Waals surface area contributed by atoms with Gasteiger partial charge in [0.2, 0.25) is 0 Å². The van der Waals surface area contributed by atoms with E-state index in [1.165, 1.54) is 6.07 Å². The highest BCUT2D eigenvalue weighted by molar-refractivity contribution is 5.73. The van der Waals surface area contributed by atoms with Gasteiger partial charge < -0.3 is 20.3 Å². The number of aldehydes is 1. The van der Waals surface area contributed by atoms with Gasteiger partial charge in [0.15, 0.2) is 0 Å². The first-order valence-electron chi connectivity index (χ1n) is 4.61. The summed E-state index contributed by atoms with van der Waals surface area (Å²) in [6.07, 6.45) is 2.43. The lowest BCUT2D eigenvalue weighted by atomic mass is 9.95. The summed E-state index contributed by atoms with van der Waals surface area (Å²) < 4.78 is 0. The summed E-state index contributed by atoms with van der Waals surface area (Å²) in [5.74, 6) is 0.0883. The number of aliphatic hydroxyl groups is 1. The zero-order chi connectivity index (χ0) is 10.8. The smallest absolute Gasteiger partial charge is 0.146 e. The lowest BCUT2D eigenvalue weighted by molar-refractivity contribution is -0.109. The van der Waals surface area contributed by atoms with Crippen LogP contribution < -0.4 is 5.32 Å². The highest BCUT2D eigenvalue weighted by Gasteiger charge is 2.22. The van der Waals surface area contributed by atoms with Gasteiger partial charge in [-0.1, -0.05) is 12.1 Å². The van der Waals surface area contributed by atoms with E-state index in [9.17, 15) is 9.90 Å². The number of nitrogens with one attached hydrogen (secondary N) is 1. The SMILES string of the molecule is O=CC1NC(CO)=Cc2cccc(O)c21. The fraction of sp³-hybridized carbons (Fsp3) is 0.182. The summed E-state index contributed by atoms with van der Waals surface area (Å²) in [6, 6.07) is 4.44. The highest BCUT2D eigenvalue weighted by Crippen LogP contribution is 2.31. The van der Waals surface area contributed by atoms with Crippen LogP contribution in [0.5, 0.6) is 5.75 Å². The second-order valence-corrected chi connectivity index (χ2v) is 3.37. The number of phenols is 1. The van der Waals surface area contributed by atoms with Gasteiger partial charge in [-0.2, -0.15) is 0 Å². The van der Waals surface area contributed by atoms with Gasteiger partial charge in [0.25, 0.3) is 0 Å². The normalized spacial score (nSPS) is 18.7. The molecule has 1 heterocycles. The van der Waals surface area contributed by atoms with Crippen molar-refractivity contribution in [3.63, 3.8) is 0 Å². The third-order valence-corrected chi connectivity index (χ3v) is 2.40. The summed E-state index contributed by atoms with van der Waals surface area (Å²) in [5.41, 5.74) is 1.89. The Morgan fingerprint density at radius 1 is 1.47 bits per heavy atom. The molecule has 2 rings (SSSR count). The quantitative estimate of drug-likeness (QED) is 0.617. The molecule has 0 aliphatic carbocycles. The number of benzene rings is 1. The predicted molar refractivity (Wildman–Crippen MR) is 55.1 cm³/mol. The van der Waals surface area contributed by atoms with E-state index in [0.717, 1.165) is 5.56 Å². The maximum atomic E-state index is 10.9. The van der Waals surface area contributed by atoms with E-state index in [1.54, 1.807) is 18.2 Å². The van der Waals surface area contributed by atoms with E-state index >= 15 is 0 Å². The molecule has 3 N–H and O–H groups in total. The molecule has 1 unspecified atom stereocenters. The molecule has 0 bridgehead atoms. The van der Waals surface area contributed by atoms with E-state index in [4.69, 9.17) is 5.11 Å². The molecule has 0 aromatic heterocycles. The van der Waals surface area contributed by atoms with Crippen molar-refractivity contribution < 1.29 is 15.0 Å². The first kappa shape index (κ1) is 9.73. The van der Waals surface area contributed by atoms with Gasteiger partial charge in [-0.05, 0) is 17.7 Å². The molecular formula is C11H11NO3. The molecule has 1 atom stereocenters. The van der Waals surface area contributed by atoms with Gasteiger partial charge in [-0.25, -0.2) is 0 Å². The van der Waals surface area contributed by atoms with Crippen LogP contribution in [0.1, 0.15) is 17.2 Å². The van der Waals surface area contributed by atoms with Gasteiger partial charge in [-0.3, -0.25) is 0 Å². The molecule has 1 aliphatic rings. The third kappa shape index (κ3) is 1.59. The lowest BCUT2D eigenvalue weighted by Crippen LogP contribution is -2.27. The largest absolute Gasteiger partial charge is 0.508 e. The molecule has 1 aliphatic heterocycles. The van der Waals surface area contributed by atoms with Gasteiger partial charge in [0, 0.05) is 11.3 Å². The molecule has 0 saturated carbocycles. The van der Waals surface area contributed by atoms with Crippen LogP contribution in [-0.4, -0.2) is 23.1 Å². The van der Waals surface area contributed by atoms with Crippen molar-refractivity contribution >= 4 is 12.4 Å². The van der Waals surface area contributed by atoms with Crippen LogP contribution in [0.4, 0.5) is 0 Å². The zero-order valence-electron chi connectivity index (χ0n) is 7.97. The van der Waals surface area contributed by atoms with E-state index in [1.807, 2.05) is 0 Å². The van der Waals surface area contributed by atoms with Crippen LogP contribution in [-0.2, 0) is 4.79 Å². The fourth-order valence-corrected chi connectivity index (χ4v) is 1.73. The molecule has 4 nitrogen and oxygen atoms in total. The first-order chi connectivity index (χ1) is 7.26. The number of aliphatic hydroxyl groups excluding tert-OH is 1. The van der Waals surface area contributed by atoms with Gasteiger partial charge in [0.05, 0.1) is 6.61 Å². The van der Waals surface area contributed by atoms with Crippen LogP contribution in [0.2, 0.25) is 0 Å². The molecule has 1 aromatic rings. The Morgan fingerprint density at radius 3 is 2.93 bits per heavy atom. The van der Waals surface area contributed by atoms with Crippen LogP contribution in [0, 0.1) is 0 Å². The number of hydrogen-bond acceptors (Lipinski definition) is 4. The Morgan fingerprint density at radius 2 is 2.27 bits per heavy atom. The van der Waals surface area contributed by atoms with Crippen molar-refractivity contribution in [2.24, 2.45) is 0 Å². The second kappa shape index (κ2) is 3.74. The molecule has 4 heteroatoms. The molecule has 78 valence electrons. The number of rotatable bonds is 2. The third-order valence-electron chi connectivity index (χ3n) is 2.40. The number of carbonyl (C=O) groups excluding carboxylic acids is 1. The Labute approximate surface area is 86.9 Å². The summed E-state index contributed by atoms with van der Waals surface area (Å²) >= 11 is 0. The van der Waals surface area contributed by atoms with Crippen molar-refractivity contribution in [3.05, 3.63) is 35.0 Å². The van der Waals surface area contributed by atoms with Crippen LogP contribution in [0.15, 0.2) is 23.9 Å². The zero-order valence-corrected chi connectivity index (χ0v) is 7.97. The lowest BCUT2D eigenvalue weighted by Gasteiger charge is -2.24. The number of phenolic OH excluding ortho intramolecular Hbond substituents is 1. The van der Waals surface area contributed by atoms with Crippen LogP contribution in [0.25, 0.3) is 6.08 Å². The molecular weight excluding hydrogens is 194 g/mol. The molecule has 0 spiro atoms. The van der Waals surface area contributed by atoms with E-state index in [0.29, 0.717) is 17.5 Å². The highest BCUT2D eigenvalue weighted by atomic mass is 16.3. The average molecular weight is 205 g/mol. The maximum Gasteiger partial charge on any atom is 0.146 e. The van der Waals surface area contributed by atoms with Crippen molar-refractivity contribution in [2.45, 2.75) is 6.04 Å². The van der Waals surface area contributed by atoms with Crippen LogP contribution >= 0.6 is 0 Å². The fourth-order valence-electron chi connectivity index (χ4n) is 1.73. The van der Waals surface area contributed by atoms with Crippen molar-refractivity contribution in [3.8, 4) is 5.75 Å². The van der Waals surface area contributed by atoms with Gasteiger partial charge in [0.1, 0.15) is 18.1 Å². The molecule has 15 heavy (non-hydrogen) atoms. The van der Waals surface area contributed by atoms with E-state index < -0.39 is 6.04 Å². The molecule has 0 radical (unpaired) electrons. The minimum Gasteiger partial charge on any atom is -0.508 e. The minimum absolute atomic E-state index is 0.0883. The monoisotopic (exact) mass is 205 g/mol.